The van der Waals surface area contributed by atoms with Gasteiger partial charge in [-0.15, -0.1) is 13.2 Å². The number of alkyl halides is 3. The van der Waals surface area contributed by atoms with Crippen LogP contribution in [0, 0.1) is 0 Å². The SMILES string of the molecule is Nc1cnc(N)c(OC(F)(F)F)c1N. The Labute approximate surface area is 76.6 Å². The van der Waals surface area contributed by atoms with Crippen molar-refractivity contribution in [2.24, 2.45) is 0 Å². The molecule has 1 aromatic rings. The van der Waals surface area contributed by atoms with Crippen LogP contribution in [-0.2, 0) is 0 Å². The lowest BCUT2D eigenvalue weighted by atomic mass is 10.3. The Bertz CT molecular complexity index is 352. The molecule has 1 heterocycles. The maximum Gasteiger partial charge on any atom is 0.573 e. The molecule has 0 amide bonds. The number of anilines is 3. The van der Waals surface area contributed by atoms with Gasteiger partial charge in [0.15, 0.2) is 11.6 Å². The number of ether oxygens (including phenoxy) is 1. The van der Waals surface area contributed by atoms with E-state index in [1.54, 1.807) is 0 Å². The van der Waals surface area contributed by atoms with E-state index in [-0.39, 0.29) is 11.4 Å². The number of nitrogens with two attached hydrogens (primary N) is 3. The topological polar surface area (TPSA) is 100 Å². The first-order chi connectivity index (χ1) is 6.31. The summed E-state index contributed by atoms with van der Waals surface area (Å²) in [6.45, 7) is 0. The quantitative estimate of drug-likeness (QED) is 0.631. The molecule has 0 saturated carbocycles. The molecule has 0 atom stereocenters. The molecule has 0 saturated heterocycles. The number of pyridine rings is 1. The molecular formula is C6H7F3N4O. The fourth-order valence-electron chi connectivity index (χ4n) is 0.759. The molecular weight excluding hydrogens is 201 g/mol. The van der Waals surface area contributed by atoms with E-state index in [2.05, 4.69) is 9.72 Å². The molecule has 1 aromatic heterocycles. The number of aromatic nitrogens is 1. The van der Waals surface area contributed by atoms with Crippen LogP contribution in [0.4, 0.5) is 30.4 Å². The molecule has 0 unspecified atom stereocenters. The third-order valence-corrected chi connectivity index (χ3v) is 1.35. The van der Waals surface area contributed by atoms with Gasteiger partial charge in [0.05, 0.1) is 11.9 Å². The number of hydrogen-bond acceptors (Lipinski definition) is 5. The van der Waals surface area contributed by atoms with Crippen molar-refractivity contribution in [1.82, 2.24) is 4.98 Å². The largest absolute Gasteiger partial charge is 0.573 e. The summed E-state index contributed by atoms with van der Waals surface area (Å²) in [5.41, 5.74) is 15.1. The maximum absolute atomic E-state index is 11.8. The minimum absolute atomic E-state index is 0.126. The summed E-state index contributed by atoms with van der Waals surface area (Å²) < 4.78 is 39.0. The molecule has 0 spiro atoms. The first kappa shape index (κ1) is 10.2. The monoisotopic (exact) mass is 208 g/mol. The normalized spacial score (nSPS) is 11.4. The summed E-state index contributed by atoms with van der Waals surface area (Å²) in [5.74, 6) is -1.23. The van der Waals surface area contributed by atoms with Crippen molar-refractivity contribution in [3.63, 3.8) is 0 Å². The van der Waals surface area contributed by atoms with E-state index >= 15 is 0 Å². The van der Waals surface area contributed by atoms with Crippen LogP contribution in [0.25, 0.3) is 0 Å². The van der Waals surface area contributed by atoms with E-state index < -0.39 is 17.9 Å². The van der Waals surface area contributed by atoms with Gasteiger partial charge in [-0.3, -0.25) is 0 Å². The minimum atomic E-state index is -4.88. The van der Waals surface area contributed by atoms with Crippen LogP contribution in [-0.4, -0.2) is 11.3 Å². The van der Waals surface area contributed by atoms with Gasteiger partial charge in [0, 0.05) is 0 Å². The zero-order chi connectivity index (χ0) is 10.9. The lowest BCUT2D eigenvalue weighted by Crippen LogP contribution is -2.19. The van der Waals surface area contributed by atoms with Crippen LogP contribution in [0.3, 0.4) is 0 Å². The van der Waals surface area contributed by atoms with Crippen molar-refractivity contribution in [3.05, 3.63) is 6.20 Å². The van der Waals surface area contributed by atoms with Gasteiger partial charge in [0.1, 0.15) is 5.69 Å². The maximum atomic E-state index is 11.8. The predicted molar refractivity (Wildman–Crippen MR) is 44.2 cm³/mol. The van der Waals surface area contributed by atoms with Gasteiger partial charge in [0.25, 0.3) is 0 Å². The van der Waals surface area contributed by atoms with E-state index in [1.165, 1.54) is 0 Å². The third-order valence-electron chi connectivity index (χ3n) is 1.35. The molecule has 14 heavy (non-hydrogen) atoms. The highest BCUT2D eigenvalue weighted by Crippen LogP contribution is 2.35. The summed E-state index contributed by atoms with van der Waals surface area (Å²) in [5, 5.41) is 0. The number of rotatable bonds is 1. The predicted octanol–water partition coefficient (Wildman–Crippen LogP) is 0.727. The molecule has 0 aliphatic carbocycles. The molecule has 0 aliphatic rings. The van der Waals surface area contributed by atoms with Crippen molar-refractivity contribution in [1.29, 1.82) is 0 Å². The Morgan fingerprint density at radius 3 is 2.29 bits per heavy atom. The molecule has 5 nitrogen and oxygen atoms in total. The van der Waals surface area contributed by atoms with Crippen molar-refractivity contribution in [2.45, 2.75) is 6.36 Å². The molecule has 78 valence electrons. The van der Waals surface area contributed by atoms with Crippen LogP contribution in [0.2, 0.25) is 0 Å². The number of nitrogens with zero attached hydrogens (tertiary/aromatic N) is 1. The van der Waals surface area contributed by atoms with Gasteiger partial charge in [-0.2, -0.15) is 0 Å². The first-order valence-electron chi connectivity index (χ1n) is 3.36. The smallest absolute Gasteiger partial charge is 0.400 e. The van der Waals surface area contributed by atoms with E-state index in [4.69, 9.17) is 17.2 Å². The van der Waals surface area contributed by atoms with E-state index in [9.17, 15) is 13.2 Å². The average molecular weight is 208 g/mol. The van der Waals surface area contributed by atoms with E-state index in [0.29, 0.717) is 0 Å². The second-order valence-electron chi connectivity index (χ2n) is 2.39. The van der Waals surface area contributed by atoms with E-state index in [0.717, 1.165) is 6.20 Å². The second kappa shape index (κ2) is 3.13. The van der Waals surface area contributed by atoms with Gasteiger partial charge >= 0.3 is 6.36 Å². The lowest BCUT2D eigenvalue weighted by molar-refractivity contribution is -0.274. The zero-order valence-corrected chi connectivity index (χ0v) is 6.80. The van der Waals surface area contributed by atoms with Gasteiger partial charge in [-0.05, 0) is 0 Å². The third kappa shape index (κ3) is 2.09. The molecule has 0 radical (unpaired) electrons. The lowest BCUT2D eigenvalue weighted by Gasteiger charge is -2.13. The number of halogens is 3. The zero-order valence-electron chi connectivity index (χ0n) is 6.80. The van der Waals surface area contributed by atoms with Gasteiger partial charge < -0.3 is 21.9 Å². The Morgan fingerprint density at radius 2 is 1.79 bits per heavy atom. The number of nitrogen functional groups attached to an aromatic ring is 3. The second-order valence-corrected chi connectivity index (χ2v) is 2.39. The molecule has 0 aliphatic heterocycles. The van der Waals surface area contributed by atoms with Gasteiger partial charge in [0.2, 0.25) is 0 Å². The summed E-state index contributed by atoms with van der Waals surface area (Å²) in [7, 11) is 0. The fraction of sp³-hybridized carbons (Fsp3) is 0.167. The minimum Gasteiger partial charge on any atom is -0.400 e. The Hall–Kier alpha value is -1.86. The summed E-state index contributed by atoms with van der Waals surface area (Å²) in [6.07, 6.45) is -3.83. The first-order valence-corrected chi connectivity index (χ1v) is 3.36. The molecule has 0 fully saturated rings. The van der Waals surface area contributed by atoms with Crippen LogP contribution in [0.5, 0.6) is 5.75 Å². The molecule has 0 aromatic carbocycles. The van der Waals surface area contributed by atoms with Gasteiger partial charge in [-0.25, -0.2) is 4.98 Å². The van der Waals surface area contributed by atoms with Crippen molar-refractivity contribution >= 4 is 17.2 Å². The summed E-state index contributed by atoms with van der Waals surface area (Å²) in [4.78, 5) is 3.37. The molecule has 6 N–H and O–H groups in total. The van der Waals surface area contributed by atoms with Crippen molar-refractivity contribution in [3.8, 4) is 5.75 Å². The standard InChI is InChI=1S/C6H7F3N4O/c7-6(8,9)14-4-3(11)2(10)1-13-5(4)12/h1H,10H2,(H4,11,12,13). The Morgan fingerprint density at radius 1 is 1.21 bits per heavy atom. The molecule has 1 rings (SSSR count). The highest BCUT2D eigenvalue weighted by molar-refractivity contribution is 5.75. The highest BCUT2D eigenvalue weighted by atomic mass is 19.4. The van der Waals surface area contributed by atoms with Gasteiger partial charge in [-0.1, -0.05) is 0 Å². The summed E-state index contributed by atoms with van der Waals surface area (Å²) >= 11 is 0. The van der Waals surface area contributed by atoms with Crippen LogP contribution >= 0.6 is 0 Å². The average Bonchev–Trinajstić information content (AvgIpc) is 2.04. The van der Waals surface area contributed by atoms with Crippen molar-refractivity contribution < 1.29 is 17.9 Å². The molecule has 0 bridgehead atoms. The molecule has 8 heteroatoms. The van der Waals surface area contributed by atoms with Crippen LogP contribution < -0.4 is 21.9 Å². The van der Waals surface area contributed by atoms with Crippen LogP contribution in [0.15, 0.2) is 6.20 Å². The Kier molecular flexibility index (Phi) is 2.28. The van der Waals surface area contributed by atoms with Crippen molar-refractivity contribution in [2.75, 3.05) is 17.2 Å². The highest BCUT2D eigenvalue weighted by Gasteiger charge is 2.33. The fourth-order valence-corrected chi connectivity index (χ4v) is 0.759. The summed E-state index contributed by atoms with van der Waals surface area (Å²) in [6, 6.07) is 0. The van der Waals surface area contributed by atoms with Crippen LogP contribution in [0.1, 0.15) is 0 Å². The number of hydrogen-bond donors (Lipinski definition) is 3. The Balaban J connectivity index is 3.13. The van der Waals surface area contributed by atoms with E-state index in [1.807, 2.05) is 0 Å².